The molecule has 3 nitrogen and oxygen atoms in total. The van der Waals surface area contributed by atoms with Gasteiger partial charge in [-0.05, 0) is 43.4 Å². The van der Waals surface area contributed by atoms with Crippen LogP contribution < -0.4 is 10.6 Å². The van der Waals surface area contributed by atoms with Crippen molar-refractivity contribution in [1.29, 1.82) is 0 Å². The van der Waals surface area contributed by atoms with E-state index in [9.17, 15) is 4.79 Å². The van der Waals surface area contributed by atoms with Gasteiger partial charge in [-0.3, -0.25) is 4.79 Å². The number of amides is 1. The molecule has 2 N–H and O–H groups in total. The van der Waals surface area contributed by atoms with Crippen molar-refractivity contribution in [2.24, 2.45) is 5.92 Å². The number of aryl methyl sites for hydroxylation is 1. The van der Waals surface area contributed by atoms with E-state index >= 15 is 0 Å². The van der Waals surface area contributed by atoms with Gasteiger partial charge in [0.1, 0.15) is 0 Å². The van der Waals surface area contributed by atoms with Gasteiger partial charge >= 0.3 is 0 Å². The molecule has 2 aliphatic rings. The summed E-state index contributed by atoms with van der Waals surface area (Å²) < 4.78 is 0. The molecule has 18 heavy (non-hydrogen) atoms. The van der Waals surface area contributed by atoms with Crippen molar-refractivity contribution in [3.8, 4) is 0 Å². The highest BCUT2D eigenvalue weighted by atomic mass is 16.2. The zero-order valence-electron chi connectivity index (χ0n) is 10.6. The summed E-state index contributed by atoms with van der Waals surface area (Å²) in [7, 11) is 0. The van der Waals surface area contributed by atoms with E-state index in [2.05, 4.69) is 34.9 Å². The first-order valence-corrected chi connectivity index (χ1v) is 6.93. The number of hydrogen-bond donors (Lipinski definition) is 2. The van der Waals surface area contributed by atoms with Gasteiger partial charge in [-0.25, -0.2) is 0 Å². The Morgan fingerprint density at radius 1 is 1.28 bits per heavy atom. The van der Waals surface area contributed by atoms with E-state index in [4.69, 9.17) is 0 Å². The quantitative estimate of drug-likeness (QED) is 0.832. The second-order valence-corrected chi connectivity index (χ2v) is 5.34. The second kappa shape index (κ2) is 5.11. The minimum atomic E-state index is 0.159. The molecule has 1 aliphatic carbocycles. The molecule has 1 saturated heterocycles. The minimum absolute atomic E-state index is 0.159. The molecular formula is C15H20N2O. The van der Waals surface area contributed by atoms with Crippen molar-refractivity contribution in [1.82, 2.24) is 10.6 Å². The van der Waals surface area contributed by atoms with Crippen molar-refractivity contribution in [3.05, 3.63) is 35.4 Å². The lowest BCUT2D eigenvalue weighted by molar-refractivity contribution is -0.126. The van der Waals surface area contributed by atoms with Gasteiger partial charge in [0.2, 0.25) is 5.91 Å². The largest absolute Gasteiger partial charge is 0.349 e. The molecule has 1 aliphatic heterocycles. The topological polar surface area (TPSA) is 41.1 Å². The Balaban J connectivity index is 1.65. The first kappa shape index (κ1) is 11.7. The maximum absolute atomic E-state index is 12.2. The molecule has 1 aromatic carbocycles. The number of carbonyl (C=O) groups excluding carboxylic acids is 1. The Labute approximate surface area is 108 Å². The molecule has 1 unspecified atom stereocenters. The lowest BCUT2D eigenvalue weighted by Gasteiger charge is -2.24. The maximum atomic E-state index is 12.2. The van der Waals surface area contributed by atoms with E-state index in [1.807, 2.05) is 0 Å². The second-order valence-electron chi connectivity index (χ2n) is 5.34. The summed E-state index contributed by atoms with van der Waals surface area (Å²) in [6.07, 6.45) is 4.27. The Kier molecular flexibility index (Phi) is 3.33. The highest BCUT2D eigenvalue weighted by molar-refractivity contribution is 5.79. The van der Waals surface area contributed by atoms with Gasteiger partial charge in [0, 0.05) is 6.54 Å². The fraction of sp³-hybridized carbons (Fsp3) is 0.533. The zero-order chi connectivity index (χ0) is 12.4. The lowest BCUT2D eigenvalue weighted by atomic mass is 9.98. The van der Waals surface area contributed by atoms with Crippen LogP contribution in [-0.4, -0.2) is 19.0 Å². The Hall–Kier alpha value is -1.35. The number of carbonyl (C=O) groups is 1. The highest BCUT2D eigenvalue weighted by Crippen LogP contribution is 2.31. The number of rotatable bonds is 2. The molecule has 1 amide bonds. The number of benzene rings is 1. The minimum Gasteiger partial charge on any atom is -0.349 e. The number of fused-ring (bicyclic) bond motifs is 1. The van der Waals surface area contributed by atoms with Crippen molar-refractivity contribution in [2.75, 3.05) is 13.1 Å². The van der Waals surface area contributed by atoms with Crippen LogP contribution in [0.25, 0.3) is 0 Å². The van der Waals surface area contributed by atoms with Gasteiger partial charge in [-0.1, -0.05) is 24.3 Å². The van der Waals surface area contributed by atoms with Crippen molar-refractivity contribution in [2.45, 2.75) is 31.7 Å². The first-order chi connectivity index (χ1) is 8.84. The standard InChI is InChI=1S/C15H20N2O/c18-15(12-5-3-9-16-10-12)17-14-8-7-11-4-1-2-6-13(11)14/h1-2,4,6,12,14,16H,3,5,7-10H2,(H,17,18)/t12-,14?/m0/s1. The fourth-order valence-corrected chi connectivity index (χ4v) is 3.07. The highest BCUT2D eigenvalue weighted by Gasteiger charge is 2.27. The summed E-state index contributed by atoms with van der Waals surface area (Å²) in [5, 5.41) is 6.52. The lowest BCUT2D eigenvalue weighted by Crippen LogP contribution is -2.41. The molecule has 0 aromatic heterocycles. The third-order valence-electron chi connectivity index (χ3n) is 4.12. The van der Waals surface area contributed by atoms with E-state index in [1.165, 1.54) is 11.1 Å². The third-order valence-corrected chi connectivity index (χ3v) is 4.12. The summed E-state index contributed by atoms with van der Waals surface area (Å²) >= 11 is 0. The Morgan fingerprint density at radius 3 is 3.00 bits per heavy atom. The van der Waals surface area contributed by atoms with Crippen LogP contribution >= 0.6 is 0 Å². The number of hydrogen-bond acceptors (Lipinski definition) is 2. The molecule has 1 aromatic rings. The van der Waals surface area contributed by atoms with Crippen molar-refractivity contribution >= 4 is 5.91 Å². The van der Waals surface area contributed by atoms with Crippen LogP contribution in [0.15, 0.2) is 24.3 Å². The Bertz CT molecular complexity index is 438. The Morgan fingerprint density at radius 2 is 2.17 bits per heavy atom. The van der Waals surface area contributed by atoms with Gasteiger partial charge < -0.3 is 10.6 Å². The number of piperidine rings is 1. The average molecular weight is 244 g/mol. The summed E-state index contributed by atoms with van der Waals surface area (Å²) in [6.45, 7) is 1.89. The van der Waals surface area contributed by atoms with Crippen LogP contribution in [0.4, 0.5) is 0 Å². The predicted octanol–water partition coefficient (Wildman–Crippen LogP) is 1.79. The smallest absolute Gasteiger partial charge is 0.224 e. The monoisotopic (exact) mass is 244 g/mol. The summed E-state index contributed by atoms with van der Waals surface area (Å²) in [4.78, 5) is 12.2. The molecule has 0 radical (unpaired) electrons. The van der Waals surface area contributed by atoms with Gasteiger partial charge in [0.15, 0.2) is 0 Å². The number of nitrogens with one attached hydrogen (secondary N) is 2. The molecule has 0 saturated carbocycles. The van der Waals surface area contributed by atoms with Crippen LogP contribution in [0, 0.1) is 5.92 Å². The summed E-state index contributed by atoms with van der Waals surface area (Å²) in [5.74, 6) is 0.385. The molecule has 3 rings (SSSR count). The average Bonchev–Trinajstić information content (AvgIpc) is 2.83. The summed E-state index contributed by atoms with van der Waals surface area (Å²) in [5.41, 5.74) is 2.71. The maximum Gasteiger partial charge on any atom is 0.224 e. The van der Waals surface area contributed by atoms with Crippen molar-refractivity contribution in [3.63, 3.8) is 0 Å². The SMILES string of the molecule is O=C(NC1CCc2ccccc21)[C@H]1CCCNC1. The van der Waals surface area contributed by atoms with Crippen LogP contribution in [0.2, 0.25) is 0 Å². The van der Waals surface area contributed by atoms with Crippen LogP contribution in [0.3, 0.4) is 0 Å². The van der Waals surface area contributed by atoms with E-state index in [0.29, 0.717) is 0 Å². The molecule has 3 heteroatoms. The van der Waals surface area contributed by atoms with E-state index < -0.39 is 0 Å². The van der Waals surface area contributed by atoms with Gasteiger partial charge in [-0.15, -0.1) is 0 Å². The molecule has 0 spiro atoms. The third kappa shape index (κ3) is 2.27. The van der Waals surface area contributed by atoms with Gasteiger partial charge in [0.25, 0.3) is 0 Å². The molecule has 2 atom stereocenters. The molecule has 96 valence electrons. The van der Waals surface area contributed by atoms with Gasteiger partial charge in [-0.2, -0.15) is 0 Å². The summed E-state index contributed by atoms with van der Waals surface area (Å²) in [6, 6.07) is 8.69. The zero-order valence-corrected chi connectivity index (χ0v) is 10.6. The van der Waals surface area contributed by atoms with Crippen LogP contribution in [0.1, 0.15) is 36.4 Å². The molecule has 1 heterocycles. The van der Waals surface area contributed by atoms with Crippen LogP contribution in [-0.2, 0) is 11.2 Å². The first-order valence-electron chi connectivity index (χ1n) is 6.93. The molecule has 0 bridgehead atoms. The normalized spacial score (nSPS) is 26.7. The van der Waals surface area contributed by atoms with Crippen LogP contribution in [0.5, 0.6) is 0 Å². The van der Waals surface area contributed by atoms with Crippen molar-refractivity contribution < 1.29 is 4.79 Å². The van der Waals surface area contributed by atoms with Gasteiger partial charge in [0.05, 0.1) is 12.0 Å². The van der Waals surface area contributed by atoms with E-state index in [-0.39, 0.29) is 17.9 Å². The molecule has 1 fully saturated rings. The van der Waals surface area contributed by atoms with E-state index in [1.54, 1.807) is 0 Å². The fourth-order valence-electron chi connectivity index (χ4n) is 3.07. The predicted molar refractivity (Wildman–Crippen MR) is 71.2 cm³/mol. The van der Waals surface area contributed by atoms with E-state index in [0.717, 1.165) is 38.8 Å². The molecular weight excluding hydrogens is 224 g/mol.